The van der Waals surface area contributed by atoms with Crippen LogP contribution in [0.1, 0.15) is 12.0 Å². The molecule has 1 N–H and O–H groups in total. The van der Waals surface area contributed by atoms with Crippen LogP contribution in [0.2, 0.25) is 0 Å². The van der Waals surface area contributed by atoms with E-state index < -0.39 is 17.7 Å². The van der Waals surface area contributed by atoms with E-state index >= 15 is 0 Å². The maximum absolute atomic E-state index is 14.6. The van der Waals surface area contributed by atoms with Crippen LogP contribution in [0.15, 0.2) is 54.7 Å². The molecule has 2 aliphatic rings. The Bertz CT molecular complexity index is 1430. The summed E-state index contributed by atoms with van der Waals surface area (Å²) in [4.78, 5) is 24.2. The Labute approximate surface area is 198 Å². The lowest BCUT2D eigenvalue weighted by molar-refractivity contribution is 0.137. The Morgan fingerprint density at radius 2 is 1.91 bits per heavy atom. The van der Waals surface area contributed by atoms with Gasteiger partial charge in [-0.05, 0) is 24.1 Å². The molecule has 9 nitrogen and oxygen atoms in total. The number of piperazine rings is 1. The number of aromatic nitrogens is 4. The fourth-order valence-corrected chi connectivity index (χ4v) is 4.81. The van der Waals surface area contributed by atoms with E-state index in [-0.39, 0.29) is 30.3 Å². The fourth-order valence-electron chi connectivity index (χ4n) is 4.81. The van der Waals surface area contributed by atoms with Crippen LogP contribution in [0.3, 0.4) is 0 Å². The molecule has 2 saturated heterocycles. The van der Waals surface area contributed by atoms with Crippen molar-refractivity contribution >= 4 is 23.1 Å². The van der Waals surface area contributed by atoms with Crippen molar-refractivity contribution in [3.8, 4) is 11.6 Å². The minimum atomic E-state index is -0.940. The average Bonchev–Trinajstić information content (AvgIpc) is 3.58. The topological polar surface area (TPSA) is 96.6 Å². The van der Waals surface area contributed by atoms with E-state index in [1.165, 1.54) is 21.8 Å². The number of hydrogen-bond acceptors (Lipinski definition) is 6. The maximum atomic E-state index is 14.6. The summed E-state index contributed by atoms with van der Waals surface area (Å²) < 4.78 is 35.5. The van der Waals surface area contributed by atoms with Gasteiger partial charge in [0, 0.05) is 19.2 Å². The third-order valence-electron chi connectivity index (χ3n) is 6.48. The number of nitrogens with zero attached hydrogens (tertiary/aromatic N) is 6. The van der Waals surface area contributed by atoms with E-state index in [0.29, 0.717) is 36.5 Å². The largest absolute Gasteiger partial charge is 0.472 e. The molecule has 0 aliphatic carbocycles. The molecule has 2 aromatic carbocycles. The van der Waals surface area contributed by atoms with Gasteiger partial charge in [0.05, 0.1) is 18.3 Å². The summed E-state index contributed by atoms with van der Waals surface area (Å²) in [5.74, 6) is -0.844. The summed E-state index contributed by atoms with van der Waals surface area (Å²) in [5, 5.41) is 14.2. The molecule has 35 heavy (non-hydrogen) atoms. The number of amides is 1. The molecule has 2 aromatic heterocycles. The number of benzene rings is 2. The fraction of sp³-hybridized carbons (Fsp3) is 0.250. The van der Waals surface area contributed by atoms with Gasteiger partial charge >= 0.3 is 6.09 Å². The van der Waals surface area contributed by atoms with Gasteiger partial charge < -0.3 is 19.6 Å². The maximum Gasteiger partial charge on any atom is 0.407 e. The third kappa shape index (κ3) is 3.69. The van der Waals surface area contributed by atoms with Crippen molar-refractivity contribution in [2.24, 2.45) is 0 Å². The molecule has 4 aromatic rings. The lowest BCUT2D eigenvalue weighted by Crippen LogP contribution is -2.48. The number of rotatable bonds is 5. The zero-order valence-electron chi connectivity index (χ0n) is 18.4. The zero-order chi connectivity index (χ0) is 24.1. The Hall–Kier alpha value is -4.28. The molecule has 4 heterocycles. The van der Waals surface area contributed by atoms with Crippen molar-refractivity contribution in [3.05, 3.63) is 71.9 Å². The molecule has 0 saturated carbocycles. The number of halogens is 2. The highest BCUT2D eigenvalue weighted by molar-refractivity contribution is 5.83. The number of hydrogen-bond donors (Lipinski definition) is 1. The highest BCUT2D eigenvalue weighted by atomic mass is 19.1. The minimum Gasteiger partial charge on any atom is -0.472 e. The first kappa shape index (κ1) is 21.3. The molecule has 0 radical (unpaired) electrons. The first-order chi connectivity index (χ1) is 17.0. The van der Waals surface area contributed by atoms with E-state index in [4.69, 9.17) is 4.74 Å². The SMILES string of the molecule is O=C(O)N1C[C@H]2C[C@@H]1CN2c1nc(OCc2ccccc2)c2cnn(-c3ccc(F)cc3F)c2n1. The molecular formula is C24H20F2N6O3. The van der Waals surface area contributed by atoms with Crippen LogP contribution in [0.25, 0.3) is 16.7 Å². The van der Waals surface area contributed by atoms with Crippen LogP contribution in [0, 0.1) is 11.6 Å². The molecule has 2 bridgehead atoms. The highest BCUT2D eigenvalue weighted by Crippen LogP contribution is 2.36. The van der Waals surface area contributed by atoms with Gasteiger partial charge in [-0.1, -0.05) is 30.3 Å². The summed E-state index contributed by atoms with van der Waals surface area (Å²) in [5.41, 5.74) is 1.29. The van der Waals surface area contributed by atoms with Gasteiger partial charge in [0.25, 0.3) is 0 Å². The average molecular weight is 478 g/mol. The van der Waals surface area contributed by atoms with Crippen molar-refractivity contribution in [1.29, 1.82) is 0 Å². The van der Waals surface area contributed by atoms with E-state index in [2.05, 4.69) is 15.1 Å². The Morgan fingerprint density at radius 3 is 2.63 bits per heavy atom. The normalized spacial score (nSPS) is 19.0. The van der Waals surface area contributed by atoms with Crippen LogP contribution in [0.4, 0.5) is 19.5 Å². The molecule has 0 unspecified atom stereocenters. The number of anilines is 1. The van der Waals surface area contributed by atoms with Gasteiger partial charge in [-0.15, -0.1) is 0 Å². The smallest absolute Gasteiger partial charge is 0.407 e. The second-order valence-corrected chi connectivity index (χ2v) is 8.62. The van der Waals surface area contributed by atoms with Crippen molar-refractivity contribution in [2.75, 3.05) is 18.0 Å². The molecule has 178 valence electrons. The number of likely N-dealkylation sites (tertiary alicyclic amines) is 1. The number of ether oxygens (including phenoxy) is 1. The van der Waals surface area contributed by atoms with E-state index in [0.717, 1.165) is 17.7 Å². The van der Waals surface area contributed by atoms with E-state index in [9.17, 15) is 18.7 Å². The number of carbonyl (C=O) groups is 1. The first-order valence-corrected chi connectivity index (χ1v) is 11.1. The Morgan fingerprint density at radius 1 is 1.09 bits per heavy atom. The highest BCUT2D eigenvalue weighted by Gasteiger charge is 2.46. The van der Waals surface area contributed by atoms with Crippen LogP contribution in [0.5, 0.6) is 5.88 Å². The van der Waals surface area contributed by atoms with Gasteiger partial charge in [0.1, 0.15) is 23.5 Å². The van der Waals surface area contributed by atoms with Gasteiger partial charge in [0.15, 0.2) is 11.5 Å². The lowest BCUT2D eigenvalue weighted by Gasteiger charge is -2.32. The third-order valence-corrected chi connectivity index (χ3v) is 6.48. The van der Waals surface area contributed by atoms with Crippen LogP contribution in [-0.2, 0) is 6.61 Å². The molecule has 2 atom stereocenters. The van der Waals surface area contributed by atoms with Gasteiger partial charge in [-0.2, -0.15) is 15.1 Å². The van der Waals surface area contributed by atoms with Crippen LogP contribution < -0.4 is 9.64 Å². The molecular weight excluding hydrogens is 458 g/mol. The van der Waals surface area contributed by atoms with Gasteiger partial charge in [-0.3, -0.25) is 0 Å². The molecule has 0 spiro atoms. The predicted molar refractivity (Wildman–Crippen MR) is 122 cm³/mol. The summed E-state index contributed by atoms with van der Waals surface area (Å²) >= 11 is 0. The lowest BCUT2D eigenvalue weighted by atomic mass is 10.2. The number of fused-ring (bicyclic) bond motifs is 3. The second kappa shape index (κ2) is 8.19. The van der Waals surface area contributed by atoms with Gasteiger partial charge in [0.2, 0.25) is 11.8 Å². The Balaban J connectivity index is 1.42. The van der Waals surface area contributed by atoms with Crippen LogP contribution in [-0.4, -0.2) is 61.0 Å². The molecule has 11 heteroatoms. The van der Waals surface area contributed by atoms with Crippen molar-refractivity contribution in [2.45, 2.75) is 25.1 Å². The van der Waals surface area contributed by atoms with Crippen molar-refractivity contribution in [1.82, 2.24) is 24.6 Å². The van der Waals surface area contributed by atoms with Crippen molar-refractivity contribution < 1.29 is 23.4 Å². The molecule has 6 rings (SSSR count). The quantitative estimate of drug-likeness (QED) is 0.468. The minimum absolute atomic E-state index is 0.0417. The molecule has 1 amide bonds. The summed E-state index contributed by atoms with van der Waals surface area (Å²) in [6.45, 7) is 1.05. The zero-order valence-corrected chi connectivity index (χ0v) is 18.4. The first-order valence-electron chi connectivity index (χ1n) is 11.1. The number of carboxylic acid groups (broad SMARTS) is 1. The standard InChI is InChI=1S/C24H20F2N6O3/c25-15-6-7-20(19(26)8-15)32-21-18(10-27-32)22(35-13-14-4-2-1-3-5-14)29-23(28-21)30-11-17-9-16(30)12-31(17)24(33)34/h1-8,10,16-17H,9,11-13H2,(H,33,34)/t16-,17-/m1/s1. The second-order valence-electron chi connectivity index (χ2n) is 8.62. The van der Waals surface area contributed by atoms with E-state index in [1.807, 2.05) is 35.2 Å². The summed E-state index contributed by atoms with van der Waals surface area (Å²) in [6.07, 6.45) is 1.23. The summed E-state index contributed by atoms with van der Waals surface area (Å²) in [7, 11) is 0. The Kier molecular flexibility index (Phi) is 4.97. The van der Waals surface area contributed by atoms with Crippen molar-refractivity contribution in [3.63, 3.8) is 0 Å². The van der Waals surface area contributed by atoms with Gasteiger partial charge in [-0.25, -0.2) is 18.3 Å². The monoisotopic (exact) mass is 478 g/mol. The molecule has 2 aliphatic heterocycles. The molecule has 2 fully saturated rings. The van der Waals surface area contributed by atoms with E-state index in [1.54, 1.807) is 0 Å². The van der Waals surface area contributed by atoms with Crippen LogP contribution >= 0.6 is 0 Å². The summed E-state index contributed by atoms with van der Waals surface area (Å²) in [6, 6.07) is 12.6. The predicted octanol–water partition coefficient (Wildman–Crippen LogP) is 3.61.